The number of hydrogen-bond donors (Lipinski definition) is 0. The molecule has 0 saturated heterocycles. The van der Waals surface area contributed by atoms with Crippen LogP contribution in [0.3, 0.4) is 0 Å². The van der Waals surface area contributed by atoms with Crippen LogP contribution < -0.4 is 0 Å². The lowest BCUT2D eigenvalue weighted by Crippen LogP contribution is -2.55. The Labute approximate surface area is 326 Å². The lowest BCUT2D eigenvalue weighted by atomic mass is 9.43. The van der Waals surface area contributed by atoms with Gasteiger partial charge in [-0.2, -0.15) is 0 Å². The maximum absolute atomic E-state index is 5.64. The van der Waals surface area contributed by atoms with Crippen LogP contribution in [0, 0.1) is 23.7 Å². The highest BCUT2D eigenvalue weighted by Gasteiger charge is 2.61. The molecule has 2 nitrogen and oxygen atoms in total. The summed E-state index contributed by atoms with van der Waals surface area (Å²) >= 11 is 0. The molecule has 0 atom stereocenters. The van der Waals surface area contributed by atoms with Crippen LogP contribution >= 0.6 is 0 Å². The largest absolute Gasteiger partial charge is 0.264 e. The number of benzene rings is 7. The van der Waals surface area contributed by atoms with Gasteiger partial charge >= 0.3 is 0 Å². The molecule has 7 aromatic carbocycles. The van der Waals surface area contributed by atoms with Gasteiger partial charge in [-0.1, -0.05) is 127 Å². The molecule has 4 saturated carbocycles. The number of nitrogens with zero attached hydrogens (tertiary/aromatic N) is 2. The predicted octanol–water partition coefficient (Wildman–Crippen LogP) is 13.8. The van der Waals surface area contributed by atoms with Crippen molar-refractivity contribution in [3.8, 4) is 44.8 Å². The van der Waals surface area contributed by atoms with E-state index in [9.17, 15) is 0 Å². The molecule has 4 fully saturated rings. The Balaban J connectivity index is 1.11. The number of rotatable bonds is 3. The summed E-state index contributed by atoms with van der Waals surface area (Å²) in [4.78, 5) is 10.3. The van der Waals surface area contributed by atoms with Crippen LogP contribution in [0.4, 0.5) is 0 Å². The topological polar surface area (TPSA) is 25.8 Å². The second-order valence-corrected chi connectivity index (χ2v) is 17.3. The first kappa shape index (κ1) is 31.1. The third-order valence-corrected chi connectivity index (χ3v) is 14.7. The van der Waals surface area contributed by atoms with Gasteiger partial charge in [0.05, 0.1) is 11.4 Å². The van der Waals surface area contributed by atoms with Gasteiger partial charge < -0.3 is 0 Å². The molecule has 5 aliphatic carbocycles. The van der Waals surface area contributed by atoms with Crippen molar-refractivity contribution in [2.45, 2.75) is 37.5 Å². The Morgan fingerprint density at radius 1 is 0.464 bits per heavy atom. The average Bonchev–Trinajstić information content (AvgIpc) is 3.54. The first-order valence-corrected chi connectivity index (χ1v) is 20.7. The van der Waals surface area contributed by atoms with Gasteiger partial charge in [0.15, 0.2) is 0 Å². The highest BCUT2D eigenvalue weighted by Crippen LogP contribution is 2.69. The molecule has 5 aliphatic rings. The van der Waals surface area contributed by atoms with Crippen LogP contribution in [0.5, 0.6) is 0 Å². The van der Waals surface area contributed by atoms with Crippen LogP contribution in [-0.2, 0) is 5.41 Å². The molecule has 1 spiro atoms. The lowest BCUT2D eigenvalue weighted by molar-refractivity contribution is -0.0399. The van der Waals surface area contributed by atoms with Crippen molar-refractivity contribution in [1.82, 2.24) is 9.97 Å². The molecule has 9 aromatic rings. The Hall–Kier alpha value is -6.12. The lowest BCUT2D eigenvalue weighted by Gasteiger charge is -2.61. The molecular weight excluding hydrogens is 677 g/mol. The van der Waals surface area contributed by atoms with E-state index in [1.165, 1.54) is 92.2 Å². The fourth-order valence-electron chi connectivity index (χ4n) is 12.9. The molecule has 266 valence electrons. The molecule has 14 rings (SSSR count). The molecule has 56 heavy (non-hydrogen) atoms. The van der Waals surface area contributed by atoms with Gasteiger partial charge in [0.25, 0.3) is 0 Å². The van der Waals surface area contributed by atoms with Crippen molar-refractivity contribution < 1.29 is 0 Å². The molecule has 2 heteroatoms. The summed E-state index contributed by atoms with van der Waals surface area (Å²) in [5, 5.41) is 9.63. The summed E-state index contributed by atoms with van der Waals surface area (Å²) in [7, 11) is 0. The summed E-state index contributed by atoms with van der Waals surface area (Å²) in [6.07, 6.45) is 10.9. The van der Waals surface area contributed by atoms with Crippen molar-refractivity contribution in [3.05, 3.63) is 169 Å². The van der Waals surface area contributed by atoms with Gasteiger partial charge in [0, 0.05) is 39.7 Å². The van der Waals surface area contributed by atoms with Crippen molar-refractivity contribution in [1.29, 1.82) is 0 Å². The highest BCUT2D eigenvalue weighted by atomic mass is 14.7. The van der Waals surface area contributed by atoms with E-state index >= 15 is 0 Å². The monoisotopic (exact) mass is 716 g/mol. The second-order valence-electron chi connectivity index (χ2n) is 17.3. The first-order chi connectivity index (χ1) is 27.7. The van der Waals surface area contributed by atoms with E-state index in [1.54, 1.807) is 11.1 Å². The Bertz CT molecular complexity index is 3020. The molecular formula is C54H40N2. The van der Waals surface area contributed by atoms with E-state index in [2.05, 4.69) is 151 Å². The van der Waals surface area contributed by atoms with Gasteiger partial charge in [-0.15, -0.1) is 0 Å². The number of fused-ring (bicyclic) bond motifs is 8. The molecule has 4 bridgehead atoms. The zero-order valence-corrected chi connectivity index (χ0v) is 31.3. The van der Waals surface area contributed by atoms with Crippen molar-refractivity contribution in [3.63, 3.8) is 0 Å². The van der Waals surface area contributed by atoms with E-state index < -0.39 is 0 Å². The molecule has 2 aromatic heterocycles. The smallest absolute Gasteiger partial charge is 0.0807 e. The van der Waals surface area contributed by atoms with Gasteiger partial charge in [-0.05, 0) is 140 Å². The second kappa shape index (κ2) is 11.5. The molecule has 0 radical (unpaired) electrons. The predicted molar refractivity (Wildman–Crippen MR) is 232 cm³/mol. The molecule has 0 aliphatic heterocycles. The van der Waals surface area contributed by atoms with Crippen LogP contribution in [-0.4, -0.2) is 9.97 Å². The fraction of sp³-hybridized carbons (Fsp3) is 0.185. The zero-order chi connectivity index (χ0) is 36.5. The number of aromatic nitrogens is 2. The minimum absolute atomic E-state index is 0.122. The van der Waals surface area contributed by atoms with Crippen molar-refractivity contribution in [2.24, 2.45) is 23.7 Å². The summed E-state index contributed by atoms with van der Waals surface area (Å²) in [6, 6.07) is 54.7. The maximum Gasteiger partial charge on any atom is 0.0807 e. The van der Waals surface area contributed by atoms with E-state index in [0.717, 1.165) is 51.4 Å². The van der Waals surface area contributed by atoms with Crippen molar-refractivity contribution >= 4 is 43.1 Å². The number of pyridine rings is 2. The molecule has 0 N–H and O–H groups in total. The van der Waals surface area contributed by atoms with Crippen LogP contribution in [0.1, 0.15) is 43.2 Å². The Morgan fingerprint density at radius 3 is 1.82 bits per heavy atom. The summed E-state index contributed by atoms with van der Waals surface area (Å²) in [5.41, 5.74) is 13.2. The Kier molecular flexibility index (Phi) is 6.37. The van der Waals surface area contributed by atoms with E-state index in [-0.39, 0.29) is 5.41 Å². The normalized spacial score (nSPS) is 23.1. The Morgan fingerprint density at radius 2 is 1.09 bits per heavy atom. The standard InChI is InChI=1S/C54H40N2/c1-2-10-35(11-3-1)49-30-37-19-18-34-22-23-55-31-46(34)51(37)53(56-49)52-44-15-6-4-13-42(44)50(43-14-5-7-16-45(43)52)36-20-21-41-40-12-8-9-17-47(40)54(48(41)29-36)38-25-32-24-33(27-38)28-39(54)26-32/h1-23,29-33,38-39H,24-28H2. The molecule has 0 unspecified atom stereocenters. The van der Waals surface area contributed by atoms with Crippen LogP contribution in [0.2, 0.25) is 0 Å². The van der Waals surface area contributed by atoms with Gasteiger partial charge in [-0.3, -0.25) is 4.98 Å². The third-order valence-electron chi connectivity index (χ3n) is 14.7. The highest BCUT2D eigenvalue weighted by molar-refractivity contribution is 6.25. The van der Waals surface area contributed by atoms with Crippen LogP contribution in [0.25, 0.3) is 87.9 Å². The minimum atomic E-state index is 0.122. The molecule has 0 amide bonds. The summed E-state index contributed by atoms with van der Waals surface area (Å²) < 4.78 is 0. The van der Waals surface area contributed by atoms with E-state index in [1.807, 2.05) is 12.4 Å². The SMILES string of the molecule is c1ccc(-c2cc3ccc4ccncc4c3c(-c3c4ccccc4c(-c4ccc5c(c4)C4(c6ccccc6-5)C5CC6CC(C5)CC4C6)c4ccccc34)n2)cc1. The summed E-state index contributed by atoms with van der Waals surface area (Å²) in [5.74, 6) is 3.29. The van der Waals surface area contributed by atoms with Gasteiger partial charge in [0.2, 0.25) is 0 Å². The molecule has 2 heterocycles. The zero-order valence-electron chi connectivity index (χ0n) is 31.3. The summed E-state index contributed by atoms with van der Waals surface area (Å²) in [6.45, 7) is 0. The average molecular weight is 717 g/mol. The fourth-order valence-corrected chi connectivity index (χ4v) is 12.9. The third kappa shape index (κ3) is 4.12. The van der Waals surface area contributed by atoms with E-state index in [4.69, 9.17) is 4.98 Å². The van der Waals surface area contributed by atoms with Gasteiger partial charge in [0.1, 0.15) is 0 Å². The minimum Gasteiger partial charge on any atom is -0.264 e. The quantitative estimate of drug-likeness (QED) is 0.134. The van der Waals surface area contributed by atoms with Crippen molar-refractivity contribution in [2.75, 3.05) is 0 Å². The van der Waals surface area contributed by atoms with Crippen LogP contribution in [0.15, 0.2) is 158 Å². The number of hydrogen-bond acceptors (Lipinski definition) is 2. The van der Waals surface area contributed by atoms with E-state index in [0.29, 0.717) is 0 Å². The maximum atomic E-state index is 5.64. The first-order valence-electron chi connectivity index (χ1n) is 20.7. The van der Waals surface area contributed by atoms with Gasteiger partial charge in [-0.25, -0.2) is 4.98 Å².